The summed E-state index contributed by atoms with van der Waals surface area (Å²) in [5, 5.41) is 6.14. The Kier molecular flexibility index (Phi) is 3.64. The van der Waals surface area contributed by atoms with Crippen LogP contribution in [0, 0.1) is 11.7 Å². The number of nitrogens with one attached hydrogen (secondary N) is 2. The van der Waals surface area contributed by atoms with E-state index in [1.54, 1.807) is 6.07 Å². The molecule has 0 bridgehead atoms. The Labute approximate surface area is 153 Å². The average Bonchev–Trinajstić information content (AvgIpc) is 3.39. The lowest BCUT2D eigenvalue weighted by Gasteiger charge is -2.26. The summed E-state index contributed by atoms with van der Waals surface area (Å²) < 4.78 is 14.8. The van der Waals surface area contributed by atoms with Gasteiger partial charge in [0, 0.05) is 17.9 Å². The molecule has 1 fully saturated rings. The molecule has 0 radical (unpaired) electrons. The van der Waals surface area contributed by atoms with E-state index < -0.39 is 0 Å². The first-order valence-corrected chi connectivity index (χ1v) is 9.59. The molecule has 1 heterocycles. The Morgan fingerprint density at radius 2 is 2.04 bits per heavy atom. The molecule has 0 saturated heterocycles. The van der Waals surface area contributed by atoms with Crippen LogP contribution in [0.3, 0.4) is 0 Å². The molecule has 3 nitrogen and oxygen atoms in total. The van der Waals surface area contributed by atoms with Crippen molar-refractivity contribution in [2.75, 3.05) is 11.9 Å². The summed E-state index contributed by atoms with van der Waals surface area (Å²) in [6.07, 6.45) is 4.83. The minimum Gasteiger partial charge on any atom is -0.323 e. The zero-order valence-electron chi connectivity index (χ0n) is 14.8. The van der Waals surface area contributed by atoms with Crippen LogP contribution in [-0.2, 0) is 29.6 Å². The van der Waals surface area contributed by atoms with Crippen LogP contribution >= 0.6 is 0 Å². The van der Waals surface area contributed by atoms with E-state index >= 15 is 0 Å². The van der Waals surface area contributed by atoms with Crippen molar-refractivity contribution in [1.82, 2.24) is 5.32 Å². The van der Waals surface area contributed by atoms with E-state index in [2.05, 4.69) is 34.9 Å². The molecule has 3 aliphatic rings. The van der Waals surface area contributed by atoms with E-state index in [9.17, 15) is 9.18 Å². The molecule has 1 aliphatic heterocycles. The number of benzene rings is 2. The van der Waals surface area contributed by atoms with Crippen LogP contribution in [0.4, 0.5) is 10.1 Å². The zero-order chi connectivity index (χ0) is 17.7. The summed E-state index contributed by atoms with van der Waals surface area (Å²) in [7, 11) is 0. The van der Waals surface area contributed by atoms with Crippen LogP contribution in [0.1, 0.15) is 41.5 Å². The molecule has 1 spiro atoms. The summed E-state index contributed by atoms with van der Waals surface area (Å²) in [5.74, 6) is -0.327. The van der Waals surface area contributed by atoms with Crippen LogP contribution in [0.5, 0.6) is 0 Å². The molecule has 26 heavy (non-hydrogen) atoms. The quantitative estimate of drug-likeness (QED) is 0.867. The molecular formula is C22H23FN2O. The van der Waals surface area contributed by atoms with Crippen LogP contribution < -0.4 is 10.6 Å². The SMILES string of the molecule is O=C(Nc1ccc2c(c1F)CCNC2)C1CC12CCCc1ccccc12. The lowest BCUT2D eigenvalue weighted by molar-refractivity contribution is -0.117. The number of anilines is 1. The zero-order valence-corrected chi connectivity index (χ0v) is 14.8. The highest BCUT2D eigenvalue weighted by atomic mass is 19.1. The summed E-state index contributed by atoms with van der Waals surface area (Å²) in [4.78, 5) is 12.9. The molecule has 2 aliphatic carbocycles. The molecule has 0 aromatic heterocycles. The normalized spacial score (nSPS) is 26.1. The summed E-state index contributed by atoms with van der Waals surface area (Å²) in [5.41, 5.74) is 4.77. The second-order valence-corrected chi connectivity index (χ2v) is 7.90. The highest BCUT2D eigenvalue weighted by Crippen LogP contribution is 2.60. The topological polar surface area (TPSA) is 41.1 Å². The van der Waals surface area contributed by atoms with Crippen LogP contribution in [0.25, 0.3) is 0 Å². The molecule has 134 valence electrons. The first-order chi connectivity index (χ1) is 12.7. The van der Waals surface area contributed by atoms with Gasteiger partial charge in [0.05, 0.1) is 5.69 Å². The van der Waals surface area contributed by atoms with Gasteiger partial charge in [-0.05, 0) is 67.0 Å². The third-order valence-electron chi connectivity index (χ3n) is 6.48. The summed E-state index contributed by atoms with van der Waals surface area (Å²) in [6.45, 7) is 1.48. The van der Waals surface area contributed by atoms with Crippen molar-refractivity contribution in [2.45, 2.75) is 44.1 Å². The number of amides is 1. The Hall–Kier alpha value is -2.20. The second-order valence-electron chi connectivity index (χ2n) is 7.90. The Morgan fingerprint density at radius 1 is 1.15 bits per heavy atom. The van der Waals surface area contributed by atoms with E-state index in [0.29, 0.717) is 18.7 Å². The number of aryl methyl sites for hydroxylation is 1. The fraction of sp³-hybridized carbons (Fsp3) is 0.409. The van der Waals surface area contributed by atoms with Gasteiger partial charge in [0.2, 0.25) is 5.91 Å². The largest absolute Gasteiger partial charge is 0.323 e. The number of hydrogen-bond acceptors (Lipinski definition) is 2. The summed E-state index contributed by atoms with van der Waals surface area (Å²) >= 11 is 0. The predicted molar refractivity (Wildman–Crippen MR) is 99.6 cm³/mol. The van der Waals surface area contributed by atoms with Crippen molar-refractivity contribution in [1.29, 1.82) is 0 Å². The molecule has 2 unspecified atom stereocenters. The van der Waals surface area contributed by atoms with Gasteiger partial charge < -0.3 is 10.6 Å². The lowest BCUT2D eigenvalue weighted by atomic mass is 9.78. The van der Waals surface area contributed by atoms with Gasteiger partial charge in [-0.1, -0.05) is 30.3 Å². The summed E-state index contributed by atoms with van der Waals surface area (Å²) in [6, 6.07) is 12.1. The van der Waals surface area contributed by atoms with Crippen molar-refractivity contribution in [2.24, 2.45) is 5.92 Å². The molecule has 4 heteroatoms. The van der Waals surface area contributed by atoms with Gasteiger partial charge in [-0.15, -0.1) is 0 Å². The monoisotopic (exact) mass is 350 g/mol. The molecular weight excluding hydrogens is 327 g/mol. The number of carbonyl (C=O) groups excluding carboxylic acids is 1. The molecule has 2 aromatic rings. The minimum absolute atomic E-state index is 0.0203. The number of hydrogen-bond donors (Lipinski definition) is 2. The molecule has 1 saturated carbocycles. The lowest BCUT2D eigenvalue weighted by Crippen LogP contribution is -2.27. The van der Waals surface area contributed by atoms with E-state index in [4.69, 9.17) is 0 Å². The van der Waals surface area contributed by atoms with E-state index in [1.165, 1.54) is 11.1 Å². The first kappa shape index (κ1) is 16.0. The standard InChI is InChI=1S/C22H23FN2O/c23-20-16-9-11-24-13-15(16)7-8-19(20)25-21(26)18-12-22(18)10-3-5-14-4-1-2-6-17(14)22/h1-2,4,6-8,18,24H,3,5,9-13H2,(H,25,26). The fourth-order valence-electron chi connectivity index (χ4n) is 5.03. The minimum atomic E-state index is -0.254. The van der Waals surface area contributed by atoms with Gasteiger partial charge in [-0.25, -0.2) is 4.39 Å². The highest BCUT2D eigenvalue weighted by Gasteiger charge is 2.60. The van der Waals surface area contributed by atoms with E-state index in [0.717, 1.165) is 43.4 Å². The second kappa shape index (κ2) is 5.92. The number of halogens is 1. The molecule has 5 rings (SSSR count). The van der Waals surface area contributed by atoms with Gasteiger partial charge in [0.15, 0.2) is 0 Å². The third-order valence-corrected chi connectivity index (χ3v) is 6.48. The average molecular weight is 350 g/mol. The molecule has 2 aromatic carbocycles. The fourth-order valence-corrected chi connectivity index (χ4v) is 5.03. The van der Waals surface area contributed by atoms with Crippen LogP contribution in [0.2, 0.25) is 0 Å². The first-order valence-electron chi connectivity index (χ1n) is 9.59. The number of rotatable bonds is 2. The van der Waals surface area contributed by atoms with Crippen molar-refractivity contribution >= 4 is 11.6 Å². The van der Waals surface area contributed by atoms with E-state index in [1.807, 2.05) is 6.07 Å². The van der Waals surface area contributed by atoms with Crippen LogP contribution in [-0.4, -0.2) is 12.5 Å². The molecule has 2 atom stereocenters. The van der Waals surface area contributed by atoms with Crippen LogP contribution in [0.15, 0.2) is 36.4 Å². The maximum atomic E-state index is 14.8. The molecule has 2 N–H and O–H groups in total. The van der Waals surface area contributed by atoms with Crippen molar-refractivity contribution in [3.05, 3.63) is 64.5 Å². The van der Waals surface area contributed by atoms with Crippen molar-refractivity contribution in [3.63, 3.8) is 0 Å². The maximum Gasteiger partial charge on any atom is 0.228 e. The van der Waals surface area contributed by atoms with Gasteiger partial charge in [-0.3, -0.25) is 4.79 Å². The van der Waals surface area contributed by atoms with Crippen molar-refractivity contribution < 1.29 is 9.18 Å². The highest BCUT2D eigenvalue weighted by molar-refractivity contribution is 5.96. The molecule has 1 amide bonds. The Balaban J connectivity index is 1.39. The Bertz CT molecular complexity index is 894. The van der Waals surface area contributed by atoms with Gasteiger partial charge in [0.1, 0.15) is 5.82 Å². The van der Waals surface area contributed by atoms with Gasteiger partial charge in [-0.2, -0.15) is 0 Å². The maximum absolute atomic E-state index is 14.8. The number of fused-ring (bicyclic) bond motifs is 3. The Morgan fingerprint density at radius 3 is 2.96 bits per heavy atom. The number of carbonyl (C=O) groups is 1. The third kappa shape index (κ3) is 2.39. The predicted octanol–water partition coefficient (Wildman–Crippen LogP) is 3.70. The smallest absolute Gasteiger partial charge is 0.228 e. The van der Waals surface area contributed by atoms with E-state index in [-0.39, 0.29) is 23.1 Å². The van der Waals surface area contributed by atoms with Gasteiger partial charge in [0.25, 0.3) is 0 Å². The van der Waals surface area contributed by atoms with Gasteiger partial charge >= 0.3 is 0 Å². The van der Waals surface area contributed by atoms with Crippen molar-refractivity contribution in [3.8, 4) is 0 Å².